The molecule has 1 aliphatic carbocycles. The highest BCUT2D eigenvalue weighted by atomic mass is 16.2. The zero-order chi connectivity index (χ0) is 22.6. The van der Waals surface area contributed by atoms with Gasteiger partial charge in [0.05, 0.1) is 6.20 Å². The van der Waals surface area contributed by atoms with Gasteiger partial charge in [-0.25, -0.2) is 0 Å². The van der Waals surface area contributed by atoms with Crippen molar-refractivity contribution in [1.82, 2.24) is 25.0 Å². The second-order valence-electron chi connectivity index (χ2n) is 8.84. The Morgan fingerprint density at radius 2 is 1.97 bits per heavy atom. The minimum Gasteiger partial charge on any atom is -0.353 e. The lowest BCUT2D eigenvalue weighted by molar-refractivity contribution is -0.143. The van der Waals surface area contributed by atoms with Crippen LogP contribution in [-0.2, 0) is 35.4 Å². The minimum absolute atomic E-state index is 0.0123. The van der Waals surface area contributed by atoms with Crippen molar-refractivity contribution in [3.05, 3.63) is 71.8 Å². The maximum absolute atomic E-state index is 13.2. The second-order valence-corrected chi connectivity index (χ2v) is 8.84. The van der Waals surface area contributed by atoms with Crippen LogP contribution in [0.15, 0.2) is 55.0 Å². The van der Waals surface area contributed by atoms with Gasteiger partial charge in [-0.15, -0.1) is 0 Å². The van der Waals surface area contributed by atoms with Crippen LogP contribution in [0.4, 0.5) is 0 Å². The zero-order valence-electron chi connectivity index (χ0n) is 18.7. The monoisotopic (exact) mass is 443 g/mol. The van der Waals surface area contributed by atoms with Gasteiger partial charge in [0.1, 0.15) is 6.04 Å². The first-order chi connectivity index (χ1) is 16.2. The summed E-state index contributed by atoms with van der Waals surface area (Å²) >= 11 is 0. The molecule has 5 rings (SSSR count). The number of nitrogens with zero attached hydrogens (tertiary/aromatic N) is 4. The molecule has 1 saturated heterocycles. The number of carbonyl (C=O) groups excluding carboxylic acids is 2. The van der Waals surface area contributed by atoms with Gasteiger partial charge in [-0.1, -0.05) is 30.3 Å². The SMILES string of the molecule is O=C1NCCN(C(=O)CCn2ncc3c2CCCC3)[C@H]1Cc1cccc(-c2cccnc2)c1. The Hall–Kier alpha value is -3.48. The van der Waals surface area contributed by atoms with E-state index in [2.05, 4.69) is 21.5 Å². The Bertz CT molecular complexity index is 1140. The van der Waals surface area contributed by atoms with Gasteiger partial charge in [-0.05, 0) is 54.0 Å². The van der Waals surface area contributed by atoms with E-state index in [4.69, 9.17) is 0 Å². The molecule has 33 heavy (non-hydrogen) atoms. The fourth-order valence-corrected chi connectivity index (χ4v) is 4.94. The van der Waals surface area contributed by atoms with Gasteiger partial charge in [0, 0.05) is 50.6 Å². The summed E-state index contributed by atoms with van der Waals surface area (Å²) in [6.07, 6.45) is 10.9. The van der Waals surface area contributed by atoms with E-state index in [0.29, 0.717) is 32.5 Å². The molecular formula is C26H29N5O2. The summed E-state index contributed by atoms with van der Waals surface area (Å²) in [5.74, 6) is -0.0730. The molecular weight excluding hydrogens is 414 g/mol. The maximum Gasteiger partial charge on any atom is 0.243 e. The van der Waals surface area contributed by atoms with E-state index in [1.54, 1.807) is 11.1 Å². The molecule has 7 nitrogen and oxygen atoms in total. The van der Waals surface area contributed by atoms with Crippen LogP contribution in [0.1, 0.15) is 36.1 Å². The highest BCUT2D eigenvalue weighted by Crippen LogP contribution is 2.23. The summed E-state index contributed by atoms with van der Waals surface area (Å²) in [7, 11) is 0. The standard InChI is InChI=1S/C26H29N5O2/c32-25(10-13-31-23-9-2-1-6-22(23)18-29-31)30-14-12-28-26(33)24(30)16-19-5-3-7-20(15-19)21-8-4-11-27-17-21/h3-5,7-8,11,15,17-18,24H,1-2,6,9-10,12-14,16H2,(H,28,33)/t24-/m0/s1. The van der Waals surface area contributed by atoms with E-state index < -0.39 is 6.04 Å². The van der Waals surface area contributed by atoms with E-state index in [-0.39, 0.29) is 11.8 Å². The summed E-state index contributed by atoms with van der Waals surface area (Å²) in [6.45, 7) is 1.60. The molecule has 1 N–H and O–H groups in total. The normalized spacial score (nSPS) is 18.0. The molecule has 0 radical (unpaired) electrons. The fourth-order valence-electron chi connectivity index (χ4n) is 4.94. The van der Waals surface area contributed by atoms with Gasteiger partial charge >= 0.3 is 0 Å². The minimum atomic E-state index is -0.498. The molecule has 0 spiro atoms. The third kappa shape index (κ3) is 4.67. The lowest BCUT2D eigenvalue weighted by Gasteiger charge is -2.35. The van der Waals surface area contributed by atoms with E-state index in [0.717, 1.165) is 29.5 Å². The number of nitrogens with one attached hydrogen (secondary N) is 1. The number of hydrogen-bond donors (Lipinski definition) is 1. The van der Waals surface area contributed by atoms with E-state index in [1.165, 1.54) is 24.1 Å². The molecule has 1 atom stereocenters. The van der Waals surface area contributed by atoms with Gasteiger partial charge in [-0.3, -0.25) is 19.3 Å². The lowest BCUT2D eigenvalue weighted by Crippen LogP contribution is -2.58. The molecule has 1 fully saturated rings. The number of aryl methyl sites for hydroxylation is 2. The topological polar surface area (TPSA) is 80.1 Å². The molecule has 0 unspecified atom stereocenters. The van der Waals surface area contributed by atoms with Crippen LogP contribution in [0.3, 0.4) is 0 Å². The van der Waals surface area contributed by atoms with Crippen molar-refractivity contribution in [2.75, 3.05) is 13.1 Å². The van der Waals surface area contributed by atoms with E-state index in [1.807, 2.05) is 47.4 Å². The van der Waals surface area contributed by atoms with Crippen molar-refractivity contribution in [3.8, 4) is 11.1 Å². The number of benzene rings is 1. The summed E-state index contributed by atoms with van der Waals surface area (Å²) < 4.78 is 1.99. The van der Waals surface area contributed by atoms with Gasteiger partial charge in [0.15, 0.2) is 0 Å². The molecule has 1 aliphatic heterocycles. The van der Waals surface area contributed by atoms with Gasteiger partial charge in [0.2, 0.25) is 11.8 Å². The van der Waals surface area contributed by atoms with Crippen molar-refractivity contribution in [2.24, 2.45) is 0 Å². The number of pyridine rings is 1. The second kappa shape index (κ2) is 9.57. The van der Waals surface area contributed by atoms with Crippen LogP contribution >= 0.6 is 0 Å². The quantitative estimate of drug-likeness (QED) is 0.635. The maximum atomic E-state index is 13.2. The number of rotatable bonds is 6. The molecule has 2 aromatic heterocycles. The highest BCUT2D eigenvalue weighted by Gasteiger charge is 2.33. The predicted molar refractivity (Wildman–Crippen MR) is 125 cm³/mol. The number of piperazine rings is 1. The van der Waals surface area contributed by atoms with Crippen molar-refractivity contribution in [2.45, 2.75) is 51.1 Å². The molecule has 2 aliphatic rings. The van der Waals surface area contributed by atoms with Crippen LogP contribution in [0.25, 0.3) is 11.1 Å². The van der Waals surface area contributed by atoms with Crippen molar-refractivity contribution in [1.29, 1.82) is 0 Å². The van der Waals surface area contributed by atoms with E-state index in [9.17, 15) is 9.59 Å². The number of amides is 2. The van der Waals surface area contributed by atoms with Gasteiger partial charge in [-0.2, -0.15) is 5.10 Å². The van der Waals surface area contributed by atoms with Crippen molar-refractivity contribution < 1.29 is 9.59 Å². The Labute approximate surface area is 193 Å². The van der Waals surface area contributed by atoms with Crippen LogP contribution in [0.2, 0.25) is 0 Å². The summed E-state index contributed by atoms with van der Waals surface area (Å²) in [6, 6.07) is 11.6. The third-order valence-corrected chi connectivity index (χ3v) is 6.68. The summed E-state index contributed by atoms with van der Waals surface area (Å²) in [5, 5.41) is 7.45. The molecule has 2 amide bonds. The first-order valence-corrected chi connectivity index (χ1v) is 11.8. The number of aromatic nitrogens is 3. The molecule has 3 heterocycles. The largest absolute Gasteiger partial charge is 0.353 e. The smallest absolute Gasteiger partial charge is 0.243 e. The molecule has 3 aromatic rings. The molecule has 1 aromatic carbocycles. The Morgan fingerprint density at radius 3 is 2.85 bits per heavy atom. The van der Waals surface area contributed by atoms with Crippen LogP contribution in [-0.4, -0.2) is 50.6 Å². The average molecular weight is 444 g/mol. The van der Waals surface area contributed by atoms with Crippen molar-refractivity contribution in [3.63, 3.8) is 0 Å². The van der Waals surface area contributed by atoms with Crippen LogP contribution < -0.4 is 5.32 Å². The van der Waals surface area contributed by atoms with Crippen molar-refractivity contribution >= 4 is 11.8 Å². The summed E-state index contributed by atoms with van der Waals surface area (Å²) in [5.41, 5.74) is 5.70. The molecule has 7 heteroatoms. The van der Waals surface area contributed by atoms with Crippen LogP contribution in [0, 0.1) is 0 Å². The first kappa shape index (κ1) is 21.4. The lowest BCUT2D eigenvalue weighted by atomic mass is 9.98. The number of carbonyl (C=O) groups is 2. The van der Waals surface area contributed by atoms with Crippen LogP contribution in [0.5, 0.6) is 0 Å². The number of fused-ring (bicyclic) bond motifs is 1. The average Bonchev–Trinajstić information content (AvgIpc) is 3.28. The number of hydrogen-bond acceptors (Lipinski definition) is 4. The Balaban J connectivity index is 1.29. The predicted octanol–water partition coefficient (Wildman–Crippen LogP) is 2.78. The third-order valence-electron chi connectivity index (χ3n) is 6.68. The van der Waals surface area contributed by atoms with Gasteiger partial charge < -0.3 is 10.2 Å². The zero-order valence-corrected chi connectivity index (χ0v) is 18.7. The van der Waals surface area contributed by atoms with E-state index >= 15 is 0 Å². The molecule has 0 saturated carbocycles. The fraction of sp³-hybridized carbons (Fsp3) is 0.385. The van der Waals surface area contributed by atoms with Gasteiger partial charge in [0.25, 0.3) is 0 Å². The molecule has 170 valence electrons. The Kier molecular flexibility index (Phi) is 6.19. The molecule has 0 bridgehead atoms. The first-order valence-electron chi connectivity index (χ1n) is 11.8. The highest BCUT2D eigenvalue weighted by molar-refractivity contribution is 5.89. The summed E-state index contributed by atoms with van der Waals surface area (Å²) in [4.78, 5) is 31.9. The Morgan fingerprint density at radius 1 is 1.09 bits per heavy atom.